The van der Waals surface area contributed by atoms with Gasteiger partial charge in [-0.25, -0.2) is 0 Å². The maximum atomic E-state index is 3.89. The summed E-state index contributed by atoms with van der Waals surface area (Å²) in [5.41, 5.74) is 1.01. The molecule has 1 aliphatic heterocycles. The summed E-state index contributed by atoms with van der Waals surface area (Å²) < 4.78 is 0. The molecule has 0 aromatic heterocycles. The van der Waals surface area contributed by atoms with Crippen LogP contribution in [0.15, 0.2) is 0 Å². The quantitative estimate of drug-likeness (QED) is 0.839. The van der Waals surface area contributed by atoms with Gasteiger partial charge >= 0.3 is 0 Å². The van der Waals surface area contributed by atoms with E-state index in [0.29, 0.717) is 11.0 Å². The number of rotatable bonds is 4. The van der Waals surface area contributed by atoms with Gasteiger partial charge in [-0.3, -0.25) is 4.90 Å². The molecule has 2 aliphatic carbocycles. The van der Waals surface area contributed by atoms with E-state index in [4.69, 9.17) is 0 Å². The third-order valence-corrected chi connectivity index (χ3v) is 6.14. The summed E-state index contributed by atoms with van der Waals surface area (Å²) in [6.07, 6.45) is 4.32. The third kappa shape index (κ3) is 2.71. The van der Waals surface area contributed by atoms with E-state index in [1.165, 1.54) is 38.9 Å². The molecular formula is C17H32N2. The molecular weight excluding hydrogens is 232 g/mol. The van der Waals surface area contributed by atoms with Gasteiger partial charge in [-0.15, -0.1) is 0 Å². The Labute approximate surface area is 119 Å². The molecule has 0 amide bonds. The molecule has 2 heteroatoms. The molecule has 1 N–H and O–H groups in total. The largest absolute Gasteiger partial charge is 0.308 e. The lowest BCUT2D eigenvalue weighted by Crippen LogP contribution is -2.65. The second-order valence-electron chi connectivity index (χ2n) is 8.70. The minimum atomic E-state index is 0.393. The topological polar surface area (TPSA) is 15.3 Å². The van der Waals surface area contributed by atoms with Gasteiger partial charge in [-0.1, -0.05) is 27.7 Å². The van der Waals surface area contributed by atoms with Crippen LogP contribution < -0.4 is 5.32 Å². The standard InChI is InChI=1S/C17H32N2/c1-12(2)15-9-18-17(5,13-6-7-13)11-19(15)10-14-8-16(14,3)4/h12-15,18H,6-11H2,1-5H3. The Balaban J connectivity index is 1.67. The van der Waals surface area contributed by atoms with E-state index in [1.807, 2.05) is 0 Å². The van der Waals surface area contributed by atoms with Crippen molar-refractivity contribution in [3.8, 4) is 0 Å². The SMILES string of the molecule is CC(C)C1CNC(C)(C2CC2)CN1CC1CC1(C)C. The first-order valence-corrected chi connectivity index (χ1v) is 8.31. The first kappa shape index (κ1) is 13.9. The molecule has 2 saturated carbocycles. The lowest BCUT2D eigenvalue weighted by Gasteiger charge is -2.48. The Kier molecular flexibility index (Phi) is 3.26. The van der Waals surface area contributed by atoms with Crippen molar-refractivity contribution in [2.45, 2.75) is 65.5 Å². The molecule has 19 heavy (non-hydrogen) atoms. The summed E-state index contributed by atoms with van der Waals surface area (Å²) in [7, 11) is 0. The molecule has 1 saturated heterocycles. The number of hydrogen-bond donors (Lipinski definition) is 1. The van der Waals surface area contributed by atoms with Gasteiger partial charge in [0.05, 0.1) is 0 Å². The van der Waals surface area contributed by atoms with E-state index in [0.717, 1.165) is 23.8 Å². The molecule has 0 radical (unpaired) electrons. The lowest BCUT2D eigenvalue weighted by atomic mass is 9.87. The van der Waals surface area contributed by atoms with E-state index >= 15 is 0 Å². The van der Waals surface area contributed by atoms with Gasteiger partial charge in [0.2, 0.25) is 0 Å². The Morgan fingerprint density at radius 1 is 1.21 bits per heavy atom. The van der Waals surface area contributed by atoms with E-state index in [1.54, 1.807) is 0 Å². The zero-order valence-corrected chi connectivity index (χ0v) is 13.5. The van der Waals surface area contributed by atoms with Crippen molar-refractivity contribution in [3.63, 3.8) is 0 Å². The van der Waals surface area contributed by atoms with Crippen LogP contribution in [0.3, 0.4) is 0 Å². The summed E-state index contributed by atoms with van der Waals surface area (Å²) in [4.78, 5) is 2.83. The van der Waals surface area contributed by atoms with Crippen LogP contribution in [-0.2, 0) is 0 Å². The van der Waals surface area contributed by atoms with Crippen molar-refractivity contribution < 1.29 is 0 Å². The zero-order valence-electron chi connectivity index (χ0n) is 13.5. The van der Waals surface area contributed by atoms with Crippen LogP contribution in [0.1, 0.15) is 53.9 Å². The van der Waals surface area contributed by atoms with Gasteiger partial charge in [-0.05, 0) is 49.4 Å². The third-order valence-electron chi connectivity index (χ3n) is 6.14. The predicted molar refractivity (Wildman–Crippen MR) is 81.2 cm³/mol. The highest BCUT2D eigenvalue weighted by molar-refractivity contribution is 5.06. The fourth-order valence-corrected chi connectivity index (χ4v) is 4.08. The summed E-state index contributed by atoms with van der Waals surface area (Å²) >= 11 is 0. The van der Waals surface area contributed by atoms with Crippen molar-refractivity contribution in [1.29, 1.82) is 0 Å². The minimum Gasteiger partial charge on any atom is -0.308 e. The summed E-state index contributed by atoms with van der Waals surface area (Å²) in [5, 5.41) is 3.89. The van der Waals surface area contributed by atoms with Crippen molar-refractivity contribution >= 4 is 0 Å². The van der Waals surface area contributed by atoms with Crippen LogP contribution in [0.2, 0.25) is 0 Å². The number of nitrogens with zero attached hydrogens (tertiary/aromatic N) is 1. The van der Waals surface area contributed by atoms with Crippen molar-refractivity contribution in [1.82, 2.24) is 10.2 Å². The van der Waals surface area contributed by atoms with Gasteiger partial charge in [0.25, 0.3) is 0 Å². The molecule has 2 nitrogen and oxygen atoms in total. The first-order valence-electron chi connectivity index (χ1n) is 8.31. The molecule has 3 unspecified atom stereocenters. The second-order valence-corrected chi connectivity index (χ2v) is 8.70. The molecule has 1 heterocycles. The Morgan fingerprint density at radius 3 is 2.32 bits per heavy atom. The fraction of sp³-hybridized carbons (Fsp3) is 1.00. The molecule has 3 rings (SSSR count). The van der Waals surface area contributed by atoms with Crippen molar-refractivity contribution in [2.24, 2.45) is 23.2 Å². The maximum Gasteiger partial charge on any atom is 0.0309 e. The van der Waals surface area contributed by atoms with Gasteiger partial charge < -0.3 is 5.32 Å². The Morgan fingerprint density at radius 2 is 1.84 bits per heavy atom. The number of hydrogen-bond acceptors (Lipinski definition) is 2. The fourth-order valence-electron chi connectivity index (χ4n) is 4.08. The summed E-state index contributed by atoms with van der Waals surface area (Å²) in [5.74, 6) is 2.64. The highest BCUT2D eigenvalue weighted by Crippen LogP contribution is 2.52. The van der Waals surface area contributed by atoms with Crippen LogP contribution in [0.4, 0.5) is 0 Å². The monoisotopic (exact) mass is 264 g/mol. The highest BCUT2D eigenvalue weighted by Gasteiger charge is 2.50. The zero-order chi connectivity index (χ0) is 13.8. The van der Waals surface area contributed by atoms with E-state index in [9.17, 15) is 0 Å². The molecule has 0 aromatic carbocycles. The van der Waals surface area contributed by atoms with Crippen LogP contribution in [0, 0.1) is 23.2 Å². The molecule has 3 atom stereocenters. The average Bonchev–Trinajstić information content (AvgIpc) is 3.17. The number of nitrogens with one attached hydrogen (secondary N) is 1. The summed E-state index contributed by atoms with van der Waals surface area (Å²) in [6, 6.07) is 0.739. The smallest absolute Gasteiger partial charge is 0.0309 e. The van der Waals surface area contributed by atoms with Crippen molar-refractivity contribution in [3.05, 3.63) is 0 Å². The van der Waals surface area contributed by atoms with Gasteiger partial charge in [0.1, 0.15) is 0 Å². The van der Waals surface area contributed by atoms with E-state index < -0.39 is 0 Å². The molecule has 3 aliphatic rings. The summed E-state index contributed by atoms with van der Waals surface area (Å²) in [6.45, 7) is 15.9. The highest BCUT2D eigenvalue weighted by atomic mass is 15.3. The van der Waals surface area contributed by atoms with Crippen LogP contribution >= 0.6 is 0 Å². The molecule has 110 valence electrons. The molecule has 0 spiro atoms. The molecule has 3 fully saturated rings. The maximum absolute atomic E-state index is 3.89. The van der Waals surface area contributed by atoms with Crippen LogP contribution in [-0.4, -0.2) is 36.1 Å². The Hall–Kier alpha value is -0.0800. The van der Waals surface area contributed by atoms with Crippen molar-refractivity contribution in [2.75, 3.05) is 19.6 Å². The van der Waals surface area contributed by atoms with E-state index in [2.05, 4.69) is 44.8 Å². The number of piperazine rings is 1. The van der Waals surface area contributed by atoms with Crippen LogP contribution in [0.25, 0.3) is 0 Å². The lowest BCUT2D eigenvalue weighted by molar-refractivity contribution is 0.0462. The molecule has 0 bridgehead atoms. The Bertz CT molecular complexity index is 345. The molecule has 0 aromatic rings. The normalized spacial score (nSPS) is 42.6. The minimum absolute atomic E-state index is 0.393. The van der Waals surface area contributed by atoms with Gasteiger partial charge in [0, 0.05) is 31.2 Å². The van der Waals surface area contributed by atoms with Gasteiger partial charge in [-0.2, -0.15) is 0 Å². The average molecular weight is 264 g/mol. The predicted octanol–water partition coefficient (Wildman–Crippen LogP) is 3.13. The first-order chi connectivity index (χ1) is 8.82. The van der Waals surface area contributed by atoms with E-state index in [-0.39, 0.29) is 0 Å². The van der Waals surface area contributed by atoms with Crippen LogP contribution in [0.5, 0.6) is 0 Å². The van der Waals surface area contributed by atoms with Gasteiger partial charge in [0.15, 0.2) is 0 Å². The second kappa shape index (κ2) is 4.46.